The molecular weight excluding hydrogens is 511 g/mol. The van der Waals surface area contributed by atoms with Gasteiger partial charge in [0.2, 0.25) is 16.8 Å². The van der Waals surface area contributed by atoms with Gasteiger partial charge in [-0.3, -0.25) is 14.9 Å². The zero-order chi connectivity index (χ0) is 26.5. The van der Waals surface area contributed by atoms with Crippen LogP contribution in [-0.2, 0) is 19.6 Å². The van der Waals surface area contributed by atoms with Crippen LogP contribution in [0.3, 0.4) is 0 Å². The van der Waals surface area contributed by atoms with E-state index in [-0.39, 0.29) is 45.8 Å². The third kappa shape index (κ3) is 4.11. The lowest BCUT2D eigenvalue weighted by atomic mass is 9.95. The van der Waals surface area contributed by atoms with Crippen molar-refractivity contribution in [1.29, 1.82) is 0 Å². The Bertz CT molecular complexity index is 1530. The summed E-state index contributed by atoms with van der Waals surface area (Å²) >= 11 is 0. The van der Waals surface area contributed by atoms with Gasteiger partial charge >= 0.3 is 5.97 Å². The first kappa shape index (κ1) is 24.5. The Labute approximate surface area is 209 Å². The number of sulfonamides is 1. The first-order valence-corrected chi connectivity index (χ1v) is 12.3. The lowest BCUT2D eigenvalue weighted by Gasteiger charge is -2.30. The Kier molecular flexibility index (Phi) is 5.96. The minimum atomic E-state index is -4.50. The number of halogens is 1. The molecule has 3 aromatic carbocycles. The molecule has 2 aliphatic rings. The number of aromatic hydroxyl groups is 1. The molecule has 5 rings (SSSR count). The average Bonchev–Trinajstić information content (AvgIpc) is 3.45. The van der Waals surface area contributed by atoms with Crippen molar-refractivity contribution >= 4 is 21.7 Å². The van der Waals surface area contributed by atoms with Crippen molar-refractivity contribution in [2.75, 3.05) is 13.9 Å². The van der Waals surface area contributed by atoms with Gasteiger partial charge in [0, 0.05) is 23.8 Å². The number of hydrogen-bond donors (Lipinski definition) is 1. The molecule has 11 nitrogen and oxygen atoms in total. The fraction of sp³-hybridized carbons (Fsp3) is 0.208. The SMILES string of the molecule is COC(=O)C[C@H]1c2ccc(F)cc2[C@@H](c2cc3c(cc2O)OCO3)N1S(=O)(=O)c1ccc([N+](=O)[O-])cc1. The van der Waals surface area contributed by atoms with Crippen molar-refractivity contribution in [3.05, 3.63) is 87.2 Å². The molecule has 13 heteroatoms. The summed E-state index contributed by atoms with van der Waals surface area (Å²) in [6, 6.07) is 8.12. The number of esters is 1. The predicted octanol–water partition coefficient (Wildman–Crippen LogP) is 3.57. The number of carbonyl (C=O) groups excluding carboxylic acids is 1. The third-order valence-electron chi connectivity index (χ3n) is 6.29. The van der Waals surface area contributed by atoms with Crippen LogP contribution in [0.5, 0.6) is 17.2 Å². The molecule has 0 bridgehead atoms. The summed E-state index contributed by atoms with van der Waals surface area (Å²) in [6.07, 6.45) is -0.414. The molecule has 0 saturated heterocycles. The second-order valence-corrected chi connectivity index (χ2v) is 10.2. The number of nitro groups is 1. The van der Waals surface area contributed by atoms with Crippen molar-refractivity contribution in [2.24, 2.45) is 0 Å². The molecule has 0 saturated carbocycles. The van der Waals surface area contributed by atoms with E-state index < -0.39 is 45.2 Å². The summed E-state index contributed by atoms with van der Waals surface area (Å²) in [4.78, 5) is 22.5. The van der Waals surface area contributed by atoms with E-state index >= 15 is 0 Å². The summed E-state index contributed by atoms with van der Waals surface area (Å²) < 4.78 is 59.0. The Hall–Kier alpha value is -4.23. The summed E-state index contributed by atoms with van der Waals surface area (Å²) in [6.45, 7) is -0.107. The van der Waals surface area contributed by atoms with Gasteiger partial charge in [-0.25, -0.2) is 12.8 Å². The van der Waals surface area contributed by atoms with Crippen molar-refractivity contribution in [1.82, 2.24) is 4.31 Å². The van der Waals surface area contributed by atoms with Gasteiger partial charge in [-0.1, -0.05) is 6.07 Å². The fourth-order valence-electron chi connectivity index (χ4n) is 4.62. The molecule has 0 aromatic heterocycles. The highest BCUT2D eigenvalue weighted by molar-refractivity contribution is 7.89. The monoisotopic (exact) mass is 530 g/mol. The van der Waals surface area contributed by atoms with Crippen LogP contribution in [-0.4, -0.2) is 42.6 Å². The first-order valence-electron chi connectivity index (χ1n) is 10.9. The molecule has 2 atom stereocenters. The van der Waals surface area contributed by atoms with Crippen LogP contribution in [0.1, 0.15) is 35.2 Å². The molecule has 2 heterocycles. The number of phenols is 1. The highest BCUT2D eigenvalue weighted by atomic mass is 32.2. The number of benzene rings is 3. The minimum Gasteiger partial charge on any atom is -0.507 e. The number of rotatable bonds is 6. The van der Waals surface area contributed by atoms with Crippen LogP contribution in [0.4, 0.5) is 10.1 Å². The van der Waals surface area contributed by atoms with Gasteiger partial charge in [0.15, 0.2) is 11.5 Å². The minimum absolute atomic E-state index is 0.0638. The summed E-state index contributed by atoms with van der Waals surface area (Å²) in [5.74, 6) is -1.23. The standard InChI is InChI=1S/C24H19FN2O9S/c1-34-23(29)10-19-16-7-2-13(25)8-17(16)24(18-9-21-22(11-20(18)28)36-12-35-21)26(19)37(32,33)15-5-3-14(4-6-15)27(30)31/h2-9,11,19,24,28H,10,12H2,1H3/t19-,24-/m0/s1. The van der Waals surface area contributed by atoms with Gasteiger partial charge in [-0.05, 0) is 41.5 Å². The first-order chi connectivity index (χ1) is 17.6. The zero-order valence-electron chi connectivity index (χ0n) is 19.2. The van der Waals surface area contributed by atoms with Crippen LogP contribution in [0.2, 0.25) is 0 Å². The van der Waals surface area contributed by atoms with Crippen LogP contribution in [0.25, 0.3) is 0 Å². The zero-order valence-corrected chi connectivity index (χ0v) is 20.0. The number of fused-ring (bicyclic) bond motifs is 2. The number of carbonyl (C=O) groups is 1. The molecule has 1 N–H and O–H groups in total. The fourth-order valence-corrected chi connectivity index (χ4v) is 6.37. The van der Waals surface area contributed by atoms with E-state index in [0.717, 1.165) is 47.8 Å². The van der Waals surface area contributed by atoms with E-state index in [1.807, 2.05) is 0 Å². The molecule has 3 aromatic rings. The molecule has 2 aliphatic heterocycles. The van der Waals surface area contributed by atoms with Crippen LogP contribution in [0, 0.1) is 15.9 Å². The molecule has 0 unspecified atom stereocenters. The maximum atomic E-state index is 14.5. The van der Waals surface area contributed by atoms with E-state index in [9.17, 15) is 32.8 Å². The molecule has 0 aliphatic carbocycles. The molecule has 37 heavy (non-hydrogen) atoms. The summed E-state index contributed by atoms with van der Waals surface area (Å²) in [7, 11) is -3.34. The van der Waals surface area contributed by atoms with Gasteiger partial charge in [0.05, 0.1) is 35.4 Å². The molecule has 192 valence electrons. The van der Waals surface area contributed by atoms with E-state index in [2.05, 4.69) is 0 Å². The molecular formula is C24H19FN2O9S. The topological polar surface area (TPSA) is 146 Å². The molecule has 0 fully saturated rings. The normalized spacial score (nSPS) is 18.4. The average molecular weight is 530 g/mol. The number of nitrogens with zero attached hydrogens (tertiary/aromatic N) is 2. The Morgan fingerprint density at radius 2 is 1.78 bits per heavy atom. The smallest absolute Gasteiger partial charge is 0.307 e. The second kappa shape index (κ2) is 9.01. The quantitative estimate of drug-likeness (QED) is 0.287. The third-order valence-corrected chi connectivity index (χ3v) is 8.18. The Balaban J connectivity index is 1.74. The number of nitro benzene ring substituents is 1. The van der Waals surface area contributed by atoms with Gasteiger partial charge in [0.1, 0.15) is 11.6 Å². The van der Waals surface area contributed by atoms with E-state index in [4.69, 9.17) is 14.2 Å². The maximum absolute atomic E-state index is 14.5. The van der Waals surface area contributed by atoms with Gasteiger partial charge in [0.25, 0.3) is 5.69 Å². The highest BCUT2D eigenvalue weighted by Gasteiger charge is 2.48. The van der Waals surface area contributed by atoms with Crippen molar-refractivity contribution in [3.63, 3.8) is 0 Å². The lowest BCUT2D eigenvalue weighted by Crippen LogP contribution is -2.35. The molecule has 0 radical (unpaired) electrons. The largest absolute Gasteiger partial charge is 0.507 e. The molecule has 0 amide bonds. The summed E-state index contributed by atoms with van der Waals surface area (Å²) in [5.41, 5.74) is 0.281. The van der Waals surface area contributed by atoms with Crippen molar-refractivity contribution in [3.8, 4) is 17.2 Å². The van der Waals surface area contributed by atoms with Gasteiger partial charge < -0.3 is 19.3 Å². The Morgan fingerprint density at radius 3 is 2.43 bits per heavy atom. The van der Waals surface area contributed by atoms with Gasteiger partial charge in [-0.15, -0.1) is 0 Å². The van der Waals surface area contributed by atoms with Crippen LogP contribution < -0.4 is 9.47 Å². The maximum Gasteiger partial charge on any atom is 0.307 e. The number of methoxy groups -OCH3 is 1. The Morgan fingerprint density at radius 1 is 1.11 bits per heavy atom. The van der Waals surface area contributed by atoms with Gasteiger partial charge in [-0.2, -0.15) is 4.31 Å². The summed E-state index contributed by atoms with van der Waals surface area (Å²) in [5, 5.41) is 22.0. The van der Waals surface area contributed by atoms with Crippen LogP contribution >= 0.6 is 0 Å². The number of ether oxygens (including phenoxy) is 3. The van der Waals surface area contributed by atoms with E-state index in [0.29, 0.717) is 5.56 Å². The highest BCUT2D eigenvalue weighted by Crippen LogP contribution is 2.53. The predicted molar refractivity (Wildman–Crippen MR) is 124 cm³/mol. The van der Waals surface area contributed by atoms with Crippen molar-refractivity contribution in [2.45, 2.75) is 23.4 Å². The van der Waals surface area contributed by atoms with E-state index in [1.165, 1.54) is 18.2 Å². The van der Waals surface area contributed by atoms with Crippen molar-refractivity contribution < 1.29 is 41.8 Å². The number of phenolic OH excluding ortho intramolecular Hbond substituents is 1. The second-order valence-electron chi connectivity index (χ2n) is 8.32. The van der Waals surface area contributed by atoms with E-state index in [1.54, 1.807) is 0 Å². The lowest BCUT2D eigenvalue weighted by molar-refractivity contribution is -0.384. The number of non-ortho nitro benzene ring substituents is 1. The number of hydrogen-bond acceptors (Lipinski definition) is 9. The molecule has 0 spiro atoms. The van der Waals surface area contributed by atoms with Crippen LogP contribution in [0.15, 0.2) is 59.5 Å².